The Labute approximate surface area is 162 Å². The van der Waals surface area contributed by atoms with E-state index < -0.39 is 0 Å². The van der Waals surface area contributed by atoms with Gasteiger partial charge in [0, 0.05) is 36.6 Å². The molecule has 0 atom stereocenters. The van der Waals surface area contributed by atoms with Crippen molar-refractivity contribution in [2.45, 2.75) is 13.3 Å². The lowest BCUT2D eigenvalue weighted by molar-refractivity contribution is -0.114. The van der Waals surface area contributed by atoms with Crippen LogP contribution in [0.5, 0.6) is 0 Å². The van der Waals surface area contributed by atoms with E-state index in [1.807, 2.05) is 36.4 Å². The summed E-state index contributed by atoms with van der Waals surface area (Å²) in [6, 6.07) is 16.8. The molecule has 0 radical (unpaired) electrons. The molecule has 1 aromatic heterocycles. The van der Waals surface area contributed by atoms with Crippen molar-refractivity contribution in [3.05, 3.63) is 72.2 Å². The first-order valence-electron chi connectivity index (χ1n) is 8.96. The van der Waals surface area contributed by atoms with Crippen molar-refractivity contribution in [3.8, 4) is 0 Å². The molecule has 140 valence electrons. The average Bonchev–Trinajstić information content (AvgIpc) is 3.13. The lowest BCUT2D eigenvalue weighted by Crippen LogP contribution is -2.29. The highest BCUT2D eigenvalue weighted by Gasteiger charge is 2.26. The molecule has 2 heterocycles. The molecule has 0 spiro atoms. The molecule has 2 N–H and O–H groups in total. The zero-order valence-electron chi connectivity index (χ0n) is 15.3. The van der Waals surface area contributed by atoms with Gasteiger partial charge in [-0.1, -0.05) is 18.2 Å². The van der Waals surface area contributed by atoms with E-state index in [-0.39, 0.29) is 11.8 Å². The van der Waals surface area contributed by atoms with E-state index >= 15 is 0 Å². The maximum atomic E-state index is 12.9. The van der Waals surface area contributed by atoms with Crippen molar-refractivity contribution < 1.29 is 9.59 Å². The quantitative estimate of drug-likeness (QED) is 0.732. The predicted octanol–water partition coefficient (Wildman–Crippen LogP) is 3.38. The number of amides is 2. The highest BCUT2D eigenvalue weighted by atomic mass is 16.2. The van der Waals surface area contributed by atoms with Crippen molar-refractivity contribution in [3.63, 3.8) is 0 Å². The van der Waals surface area contributed by atoms with E-state index in [1.165, 1.54) is 18.8 Å². The van der Waals surface area contributed by atoms with Crippen LogP contribution in [0.15, 0.2) is 60.9 Å². The molecule has 3 aromatic rings. The number of carbonyl (C=O) groups excluding carboxylic acids is 2. The van der Waals surface area contributed by atoms with E-state index in [2.05, 4.69) is 20.6 Å². The Balaban J connectivity index is 1.50. The second-order valence-electron chi connectivity index (χ2n) is 6.51. The van der Waals surface area contributed by atoms with E-state index in [4.69, 9.17) is 0 Å². The molecule has 0 unspecified atom stereocenters. The second kappa shape index (κ2) is 7.48. The molecule has 4 rings (SSSR count). The first kappa shape index (κ1) is 17.7. The zero-order chi connectivity index (χ0) is 19.5. The van der Waals surface area contributed by atoms with Gasteiger partial charge in [0.2, 0.25) is 5.91 Å². The molecule has 2 amide bonds. The molecule has 28 heavy (non-hydrogen) atoms. The van der Waals surface area contributed by atoms with Crippen LogP contribution < -0.4 is 15.5 Å². The number of carbonyl (C=O) groups is 2. The average molecular weight is 373 g/mol. The largest absolute Gasteiger partial charge is 0.340 e. The highest BCUT2D eigenvalue weighted by Crippen LogP contribution is 2.28. The third kappa shape index (κ3) is 3.68. The number of hydrogen-bond donors (Lipinski definition) is 2. The summed E-state index contributed by atoms with van der Waals surface area (Å²) >= 11 is 0. The fourth-order valence-electron chi connectivity index (χ4n) is 3.22. The summed E-state index contributed by atoms with van der Waals surface area (Å²) < 4.78 is 0. The minimum atomic E-state index is -0.142. The highest BCUT2D eigenvalue weighted by molar-refractivity contribution is 6.06. The summed E-state index contributed by atoms with van der Waals surface area (Å²) in [4.78, 5) is 34.1. The van der Waals surface area contributed by atoms with Gasteiger partial charge in [0.15, 0.2) is 0 Å². The van der Waals surface area contributed by atoms with E-state index in [9.17, 15) is 9.59 Å². The van der Waals surface area contributed by atoms with Gasteiger partial charge < -0.3 is 15.5 Å². The molecule has 1 aliphatic rings. The molecule has 7 nitrogen and oxygen atoms in total. The zero-order valence-corrected chi connectivity index (χ0v) is 15.3. The lowest BCUT2D eigenvalue weighted by Gasteiger charge is -2.17. The van der Waals surface area contributed by atoms with Gasteiger partial charge in [-0.3, -0.25) is 9.59 Å². The number of anilines is 4. The smallest absolute Gasteiger partial charge is 0.277 e. The van der Waals surface area contributed by atoms with E-state index in [1.54, 1.807) is 23.1 Å². The Morgan fingerprint density at radius 1 is 1.00 bits per heavy atom. The summed E-state index contributed by atoms with van der Waals surface area (Å²) in [5.74, 6) is 0.262. The monoisotopic (exact) mass is 373 g/mol. The Kier molecular flexibility index (Phi) is 4.72. The summed E-state index contributed by atoms with van der Waals surface area (Å²) in [5, 5.41) is 5.87. The minimum absolute atomic E-state index is 0.122. The van der Waals surface area contributed by atoms with Gasteiger partial charge in [-0.2, -0.15) is 0 Å². The Bertz CT molecular complexity index is 1030. The second-order valence-corrected chi connectivity index (χ2v) is 6.51. The van der Waals surface area contributed by atoms with Crippen LogP contribution in [-0.2, 0) is 11.2 Å². The van der Waals surface area contributed by atoms with Crippen LogP contribution in [0.25, 0.3) is 0 Å². The summed E-state index contributed by atoms with van der Waals surface area (Å²) in [6.07, 6.45) is 2.22. The van der Waals surface area contributed by atoms with Crippen molar-refractivity contribution in [1.82, 2.24) is 9.97 Å². The lowest BCUT2D eigenvalue weighted by atomic mass is 10.2. The molecule has 0 saturated heterocycles. The van der Waals surface area contributed by atoms with Gasteiger partial charge in [-0.05, 0) is 42.3 Å². The van der Waals surface area contributed by atoms with Crippen LogP contribution in [0.2, 0.25) is 0 Å². The first-order chi connectivity index (χ1) is 13.6. The van der Waals surface area contributed by atoms with Crippen LogP contribution in [0.3, 0.4) is 0 Å². The van der Waals surface area contributed by atoms with Crippen LogP contribution in [-0.4, -0.2) is 28.3 Å². The first-order valence-corrected chi connectivity index (χ1v) is 8.96. The van der Waals surface area contributed by atoms with Crippen LogP contribution >= 0.6 is 0 Å². The molecule has 0 aliphatic carbocycles. The topological polar surface area (TPSA) is 87.2 Å². The number of para-hydroxylation sites is 1. The van der Waals surface area contributed by atoms with E-state index in [0.29, 0.717) is 23.7 Å². The maximum absolute atomic E-state index is 12.9. The van der Waals surface area contributed by atoms with Gasteiger partial charge in [0.05, 0.1) is 0 Å². The number of fused-ring (bicyclic) bond motifs is 1. The third-order valence-corrected chi connectivity index (χ3v) is 4.50. The molecular formula is C21H19N5O2. The van der Waals surface area contributed by atoms with Crippen molar-refractivity contribution in [2.75, 3.05) is 22.1 Å². The summed E-state index contributed by atoms with van der Waals surface area (Å²) in [5.41, 5.74) is 3.95. The molecule has 1 aliphatic heterocycles. The predicted molar refractivity (Wildman–Crippen MR) is 108 cm³/mol. The van der Waals surface area contributed by atoms with E-state index in [0.717, 1.165) is 17.8 Å². The molecule has 0 bridgehead atoms. The number of rotatable bonds is 4. The SMILES string of the molecule is CC(=O)Nc1ccc(Nc2cc(C(=O)N3CCc4ccccc43)ncn2)cc1. The molecule has 0 saturated carbocycles. The summed E-state index contributed by atoms with van der Waals surface area (Å²) in [6.45, 7) is 2.11. The Hall–Kier alpha value is -3.74. The Morgan fingerprint density at radius 3 is 2.54 bits per heavy atom. The molecule has 7 heteroatoms. The number of nitrogens with one attached hydrogen (secondary N) is 2. The van der Waals surface area contributed by atoms with Gasteiger partial charge in [-0.15, -0.1) is 0 Å². The third-order valence-electron chi connectivity index (χ3n) is 4.50. The number of benzene rings is 2. The number of aromatic nitrogens is 2. The maximum Gasteiger partial charge on any atom is 0.277 e. The molecule has 2 aromatic carbocycles. The number of nitrogens with zero attached hydrogens (tertiary/aromatic N) is 3. The minimum Gasteiger partial charge on any atom is -0.340 e. The van der Waals surface area contributed by atoms with Crippen molar-refractivity contribution in [1.29, 1.82) is 0 Å². The number of hydrogen-bond acceptors (Lipinski definition) is 5. The van der Waals surface area contributed by atoms with Gasteiger partial charge in [-0.25, -0.2) is 9.97 Å². The normalized spacial score (nSPS) is 12.4. The standard InChI is InChI=1S/C21H19N5O2/c1-14(27)24-16-6-8-17(9-7-16)25-20-12-18(22-13-23-20)21(28)26-11-10-15-4-2-3-5-19(15)26/h2-9,12-13H,10-11H2,1H3,(H,24,27)(H,22,23,25). The van der Waals surface area contributed by atoms with Gasteiger partial charge in [0.1, 0.15) is 17.8 Å². The molecular weight excluding hydrogens is 354 g/mol. The van der Waals surface area contributed by atoms with Crippen LogP contribution in [0.1, 0.15) is 23.0 Å². The van der Waals surface area contributed by atoms with Crippen molar-refractivity contribution >= 4 is 34.7 Å². The van der Waals surface area contributed by atoms with Gasteiger partial charge in [0.25, 0.3) is 5.91 Å². The van der Waals surface area contributed by atoms with Crippen LogP contribution in [0, 0.1) is 0 Å². The van der Waals surface area contributed by atoms with Crippen LogP contribution in [0.4, 0.5) is 22.9 Å². The fourth-order valence-corrected chi connectivity index (χ4v) is 3.22. The molecule has 0 fully saturated rings. The van der Waals surface area contributed by atoms with Gasteiger partial charge >= 0.3 is 0 Å². The Morgan fingerprint density at radius 2 is 1.75 bits per heavy atom. The summed E-state index contributed by atoms with van der Waals surface area (Å²) in [7, 11) is 0. The van der Waals surface area contributed by atoms with Crippen molar-refractivity contribution in [2.24, 2.45) is 0 Å². The fraction of sp³-hybridized carbons (Fsp3) is 0.143.